The largest absolute Gasteiger partial charge is 0.312 e. The maximum atomic E-state index is 4.05. The Morgan fingerprint density at radius 1 is 1.26 bits per heavy atom. The van der Waals surface area contributed by atoms with Crippen LogP contribution in [-0.2, 0) is 12.0 Å². The molecule has 19 heavy (non-hydrogen) atoms. The number of aromatic amines is 1. The quantitative estimate of drug-likeness (QED) is 0.882. The Hall–Kier alpha value is -1.32. The van der Waals surface area contributed by atoms with Crippen molar-refractivity contribution in [3.8, 4) is 0 Å². The normalized spacial score (nSPS) is 15.8. The number of rotatable bonds is 5. The zero-order valence-corrected chi connectivity index (χ0v) is 12.0. The number of aromatic nitrogens is 2. The van der Waals surface area contributed by atoms with Crippen molar-refractivity contribution in [1.82, 2.24) is 15.5 Å². The minimum absolute atomic E-state index is 0. The van der Waals surface area contributed by atoms with Gasteiger partial charge in [-0.2, -0.15) is 5.10 Å². The van der Waals surface area contributed by atoms with Crippen molar-refractivity contribution in [3.63, 3.8) is 0 Å². The summed E-state index contributed by atoms with van der Waals surface area (Å²) in [5.74, 6) is 0. The standard InChI is InChI=1S/C15H19N3.ClH/c1-12-13(10-17-18-12)9-16-11-15(7-8-15)14-5-3-2-4-6-14;/h2-6,10,16H,7-9,11H2,1H3,(H,17,18);1H. The van der Waals surface area contributed by atoms with E-state index < -0.39 is 0 Å². The Morgan fingerprint density at radius 3 is 2.58 bits per heavy atom. The van der Waals surface area contributed by atoms with Crippen LogP contribution in [0.3, 0.4) is 0 Å². The number of H-pyrrole nitrogens is 1. The summed E-state index contributed by atoms with van der Waals surface area (Å²) in [5, 5.41) is 10.6. The van der Waals surface area contributed by atoms with E-state index in [4.69, 9.17) is 0 Å². The molecule has 0 atom stereocenters. The second-order valence-corrected chi connectivity index (χ2v) is 5.27. The molecule has 1 fully saturated rings. The van der Waals surface area contributed by atoms with Gasteiger partial charge in [-0.05, 0) is 25.3 Å². The molecule has 0 radical (unpaired) electrons. The number of benzene rings is 1. The summed E-state index contributed by atoms with van der Waals surface area (Å²) >= 11 is 0. The molecule has 0 saturated heterocycles. The molecule has 1 saturated carbocycles. The van der Waals surface area contributed by atoms with E-state index in [9.17, 15) is 0 Å². The number of hydrogen-bond donors (Lipinski definition) is 2. The Kier molecular flexibility index (Phi) is 4.27. The van der Waals surface area contributed by atoms with Crippen LogP contribution >= 0.6 is 12.4 Å². The molecule has 2 aromatic rings. The lowest BCUT2D eigenvalue weighted by atomic mass is 9.96. The molecule has 3 rings (SSSR count). The summed E-state index contributed by atoms with van der Waals surface area (Å²) in [6.07, 6.45) is 4.51. The Balaban J connectivity index is 0.00000133. The fourth-order valence-corrected chi connectivity index (χ4v) is 2.50. The molecule has 0 unspecified atom stereocenters. The average Bonchev–Trinajstić information content (AvgIpc) is 3.09. The fourth-order valence-electron chi connectivity index (χ4n) is 2.50. The Morgan fingerprint density at radius 2 is 2.00 bits per heavy atom. The number of nitrogens with one attached hydrogen (secondary N) is 2. The lowest BCUT2D eigenvalue weighted by Crippen LogP contribution is -2.26. The van der Waals surface area contributed by atoms with Crippen molar-refractivity contribution >= 4 is 12.4 Å². The van der Waals surface area contributed by atoms with Crippen LogP contribution in [0, 0.1) is 6.92 Å². The minimum Gasteiger partial charge on any atom is -0.312 e. The third-order valence-corrected chi connectivity index (χ3v) is 3.95. The molecule has 4 heteroatoms. The SMILES string of the molecule is Cc1[nH]ncc1CNCC1(c2ccccc2)CC1.Cl. The van der Waals surface area contributed by atoms with E-state index in [2.05, 4.69) is 52.8 Å². The first-order valence-electron chi connectivity index (χ1n) is 6.55. The molecule has 0 bridgehead atoms. The van der Waals surface area contributed by atoms with E-state index >= 15 is 0 Å². The Labute approximate surface area is 120 Å². The van der Waals surface area contributed by atoms with Crippen LogP contribution < -0.4 is 5.32 Å². The summed E-state index contributed by atoms with van der Waals surface area (Å²) in [4.78, 5) is 0. The average molecular weight is 278 g/mol. The summed E-state index contributed by atoms with van der Waals surface area (Å²) in [6.45, 7) is 4.02. The molecule has 1 aliphatic carbocycles. The van der Waals surface area contributed by atoms with Crippen LogP contribution in [0.25, 0.3) is 0 Å². The molecule has 0 amide bonds. The predicted molar refractivity (Wildman–Crippen MR) is 79.6 cm³/mol. The molecule has 3 nitrogen and oxygen atoms in total. The van der Waals surface area contributed by atoms with E-state index in [-0.39, 0.29) is 12.4 Å². The lowest BCUT2D eigenvalue weighted by molar-refractivity contribution is 0.573. The van der Waals surface area contributed by atoms with E-state index in [1.54, 1.807) is 0 Å². The van der Waals surface area contributed by atoms with Crippen molar-refractivity contribution in [2.45, 2.75) is 31.7 Å². The number of halogens is 1. The highest BCUT2D eigenvalue weighted by Crippen LogP contribution is 2.47. The molecule has 0 spiro atoms. The van der Waals surface area contributed by atoms with Gasteiger partial charge in [0.25, 0.3) is 0 Å². The molecular weight excluding hydrogens is 258 g/mol. The topological polar surface area (TPSA) is 40.7 Å². The van der Waals surface area contributed by atoms with Crippen LogP contribution in [0.4, 0.5) is 0 Å². The smallest absolute Gasteiger partial charge is 0.0535 e. The minimum atomic E-state index is 0. The van der Waals surface area contributed by atoms with Crippen molar-refractivity contribution in [1.29, 1.82) is 0 Å². The van der Waals surface area contributed by atoms with Crippen molar-refractivity contribution < 1.29 is 0 Å². The maximum Gasteiger partial charge on any atom is 0.0535 e. The molecular formula is C15H20ClN3. The highest BCUT2D eigenvalue weighted by atomic mass is 35.5. The summed E-state index contributed by atoms with van der Waals surface area (Å²) in [6, 6.07) is 10.8. The van der Waals surface area contributed by atoms with Crippen LogP contribution in [-0.4, -0.2) is 16.7 Å². The second-order valence-electron chi connectivity index (χ2n) is 5.27. The van der Waals surface area contributed by atoms with Crippen LogP contribution in [0.15, 0.2) is 36.5 Å². The van der Waals surface area contributed by atoms with Crippen LogP contribution in [0.1, 0.15) is 29.7 Å². The van der Waals surface area contributed by atoms with E-state index in [1.807, 2.05) is 6.20 Å². The van der Waals surface area contributed by atoms with Gasteiger partial charge < -0.3 is 5.32 Å². The van der Waals surface area contributed by atoms with Gasteiger partial charge in [-0.3, -0.25) is 5.10 Å². The fraction of sp³-hybridized carbons (Fsp3) is 0.400. The predicted octanol–water partition coefficient (Wildman–Crippen LogP) is 2.96. The summed E-state index contributed by atoms with van der Waals surface area (Å²) in [7, 11) is 0. The van der Waals surface area contributed by atoms with Gasteiger partial charge in [-0.25, -0.2) is 0 Å². The number of aryl methyl sites for hydroxylation is 1. The third kappa shape index (κ3) is 2.99. The van der Waals surface area contributed by atoms with Gasteiger partial charge in [0.2, 0.25) is 0 Å². The molecule has 2 N–H and O–H groups in total. The summed E-state index contributed by atoms with van der Waals surface area (Å²) < 4.78 is 0. The third-order valence-electron chi connectivity index (χ3n) is 3.95. The molecule has 1 aromatic heterocycles. The molecule has 1 heterocycles. The maximum absolute atomic E-state index is 4.05. The monoisotopic (exact) mass is 277 g/mol. The second kappa shape index (κ2) is 5.76. The van der Waals surface area contributed by atoms with Gasteiger partial charge in [0, 0.05) is 29.8 Å². The van der Waals surface area contributed by atoms with Crippen LogP contribution in [0.5, 0.6) is 0 Å². The molecule has 102 valence electrons. The molecule has 1 aromatic carbocycles. The van der Waals surface area contributed by atoms with E-state index in [0.29, 0.717) is 5.41 Å². The zero-order chi connectivity index (χ0) is 12.4. The molecule has 1 aliphatic rings. The van der Waals surface area contributed by atoms with Gasteiger partial charge in [0.05, 0.1) is 6.20 Å². The lowest BCUT2D eigenvalue weighted by Gasteiger charge is -2.16. The first-order chi connectivity index (χ1) is 8.80. The van der Waals surface area contributed by atoms with Crippen LogP contribution in [0.2, 0.25) is 0 Å². The highest BCUT2D eigenvalue weighted by Gasteiger charge is 2.43. The highest BCUT2D eigenvalue weighted by molar-refractivity contribution is 5.85. The first kappa shape index (κ1) is 14.1. The van der Waals surface area contributed by atoms with Crippen molar-refractivity contribution in [2.75, 3.05) is 6.54 Å². The van der Waals surface area contributed by atoms with Gasteiger partial charge in [0.15, 0.2) is 0 Å². The van der Waals surface area contributed by atoms with E-state index in [1.165, 1.54) is 24.0 Å². The number of nitrogens with zero attached hydrogens (tertiary/aromatic N) is 1. The molecule has 0 aliphatic heterocycles. The zero-order valence-electron chi connectivity index (χ0n) is 11.1. The van der Waals surface area contributed by atoms with Gasteiger partial charge >= 0.3 is 0 Å². The van der Waals surface area contributed by atoms with Gasteiger partial charge in [0.1, 0.15) is 0 Å². The van der Waals surface area contributed by atoms with Gasteiger partial charge in [-0.15, -0.1) is 12.4 Å². The van der Waals surface area contributed by atoms with E-state index in [0.717, 1.165) is 18.8 Å². The first-order valence-corrected chi connectivity index (χ1v) is 6.55. The summed E-state index contributed by atoms with van der Waals surface area (Å²) in [5.41, 5.74) is 4.28. The Bertz CT molecular complexity index is 517. The van der Waals surface area contributed by atoms with Crippen molar-refractivity contribution in [2.24, 2.45) is 0 Å². The number of hydrogen-bond acceptors (Lipinski definition) is 2. The van der Waals surface area contributed by atoms with Gasteiger partial charge in [-0.1, -0.05) is 30.3 Å². The van der Waals surface area contributed by atoms with Crippen molar-refractivity contribution in [3.05, 3.63) is 53.3 Å².